The number of carbonyl (C=O) groups is 2. The van der Waals surface area contributed by atoms with Crippen LogP contribution in [0.1, 0.15) is 25.0 Å². The largest absolute Gasteiger partial charge is 0.355 e. The van der Waals surface area contributed by atoms with Gasteiger partial charge in [0.2, 0.25) is 21.8 Å². The lowest BCUT2D eigenvalue weighted by atomic mass is 10.1. The van der Waals surface area contributed by atoms with E-state index < -0.39 is 28.5 Å². The number of halogens is 3. The molecule has 1 N–H and O–H groups in total. The SMILES string of the molecule is CCNC(=O)C(C)N(Cc1ccc(Cl)c(Cl)c1)C(=O)CN(c1ccc(Br)c(C)c1)S(C)(=O)=O. The molecule has 0 aliphatic heterocycles. The number of rotatable bonds is 9. The van der Waals surface area contributed by atoms with Crippen LogP contribution in [-0.4, -0.2) is 50.5 Å². The van der Waals surface area contributed by atoms with Gasteiger partial charge in [0.25, 0.3) is 0 Å². The zero-order chi connectivity index (χ0) is 24.9. The number of sulfonamides is 1. The molecule has 0 aliphatic carbocycles. The second-order valence-corrected chi connectivity index (χ2v) is 11.1. The molecule has 11 heteroatoms. The van der Waals surface area contributed by atoms with Crippen molar-refractivity contribution in [3.05, 3.63) is 62.0 Å². The lowest BCUT2D eigenvalue weighted by molar-refractivity contribution is -0.139. The number of amides is 2. The number of anilines is 1. The van der Waals surface area contributed by atoms with E-state index in [2.05, 4.69) is 21.2 Å². The summed E-state index contributed by atoms with van der Waals surface area (Å²) in [5, 5.41) is 3.38. The number of nitrogens with zero attached hydrogens (tertiary/aromatic N) is 2. The van der Waals surface area contributed by atoms with Gasteiger partial charge in [-0.05, 0) is 62.2 Å². The van der Waals surface area contributed by atoms with Crippen LogP contribution in [0.2, 0.25) is 10.0 Å². The molecule has 0 fully saturated rings. The van der Waals surface area contributed by atoms with E-state index in [1.165, 1.54) is 4.90 Å². The van der Waals surface area contributed by atoms with Gasteiger partial charge in [-0.25, -0.2) is 8.42 Å². The van der Waals surface area contributed by atoms with Crippen molar-refractivity contribution in [3.8, 4) is 0 Å². The highest BCUT2D eigenvalue weighted by molar-refractivity contribution is 9.10. The smallest absolute Gasteiger partial charge is 0.244 e. The average Bonchev–Trinajstić information content (AvgIpc) is 2.73. The quantitative estimate of drug-likeness (QED) is 0.478. The molecule has 2 aromatic carbocycles. The molecule has 33 heavy (non-hydrogen) atoms. The summed E-state index contributed by atoms with van der Waals surface area (Å²) >= 11 is 15.5. The first-order chi connectivity index (χ1) is 15.3. The highest BCUT2D eigenvalue weighted by atomic mass is 79.9. The Morgan fingerprint density at radius 2 is 1.79 bits per heavy atom. The molecule has 1 unspecified atom stereocenters. The lowest BCUT2D eigenvalue weighted by Gasteiger charge is -2.31. The average molecular weight is 579 g/mol. The van der Waals surface area contributed by atoms with E-state index in [0.717, 1.165) is 20.6 Å². The molecule has 0 saturated heterocycles. The second-order valence-electron chi connectivity index (χ2n) is 7.54. The number of nitrogens with one attached hydrogen (secondary N) is 1. The van der Waals surface area contributed by atoms with Crippen molar-refractivity contribution in [1.82, 2.24) is 10.2 Å². The Labute approximate surface area is 213 Å². The molecule has 180 valence electrons. The van der Waals surface area contributed by atoms with E-state index in [0.29, 0.717) is 27.8 Å². The summed E-state index contributed by atoms with van der Waals surface area (Å²) in [5.41, 5.74) is 1.82. The monoisotopic (exact) mass is 577 g/mol. The van der Waals surface area contributed by atoms with Crippen molar-refractivity contribution in [2.75, 3.05) is 23.7 Å². The highest BCUT2D eigenvalue weighted by Gasteiger charge is 2.30. The molecule has 0 saturated carbocycles. The standard InChI is InChI=1S/C22H26BrCl2N3O4S/c1-5-26-22(30)15(3)27(12-16-6-9-19(24)20(25)11-16)21(29)13-28(33(4,31)32)17-7-8-18(23)14(2)10-17/h6-11,15H,5,12-13H2,1-4H3,(H,26,30). The third-order valence-electron chi connectivity index (χ3n) is 4.96. The lowest BCUT2D eigenvalue weighted by Crippen LogP contribution is -2.51. The predicted octanol–water partition coefficient (Wildman–Crippen LogP) is 4.38. The fourth-order valence-corrected chi connectivity index (χ4v) is 4.55. The molecule has 2 amide bonds. The molecule has 0 bridgehead atoms. The maximum Gasteiger partial charge on any atom is 0.244 e. The molecule has 0 radical (unpaired) electrons. The van der Waals surface area contributed by atoms with Crippen molar-refractivity contribution in [3.63, 3.8) is 0 Å². The maximum absolute atomic E-state index is 13.4. The van der Waals surface area contributed by atoms with Gasteiger partial charge in [-0.2, -0.15) is 0 Å². The molecule has 1 atom stereocenters. The Hall–Kier alpha value is -1.81. The highest BCUT2D eigenvalue weighted by Crippen LogP contribution is 2.26. The van der Waals surface area contributed by atoms with Crippen LogP contribution in [0.5, 0.6) is 0 Å². The van der Waals surface area contributed by atoms with Crippen LogP contribution in [0, 0.1) is 6.92 Å². The topological polar surface area (TPSA) is 86.8 Å². The maximum atomic E-state index is 13.4. The number of hydrogen-bond donors (Lipinski definition) is 1. The van der Waals surface area contributed by atoms with Crippen LogP contribution in [0.25, 0.3) is 0 Å². The molecule has 0 aliphatic rings. The number of carbonyl (C=O) groups excluding carboxylic acids is 2. The summed E-state index contributed by atoms with van der Waals surface area (Å²) in [4.78, 5) is 27.3. The molecule has 0 heterocycles. The van der Waals surface area contributed by atoms with Gasteiger partial charge >= 0.3 is 0 Å². The van der Waals surface area contributed by atoms with E-state index in [-0.39, 0.29) is 12.5 Å². The van der Waals surface area contributed by atoms with E-state index in [9.17, 15) is 18.0 Å². The number of likely N-dealkylation sites (N-methyl/N-ethyl adjacent to an activating group) is 1. The zero-order valence-corrected chi connectivity index (χ0v) is 22.6. The summed E-state index contributed by atoms with van der Waals surface area (Å²) in [6.07, 6.45) is 1.04. The van der Waals surface area contributed by atoms with Crippen molar-refractivity contribution >= 4 is 66.7 Å². The van der Waals surface area contributed by atoms with Crippen LogP contribution >= 0.6 is 39.1 Å². The first kappa shape index (κ1) is 27.4. The van der Waals surface area contributed by atoms with Crippen LogP contribution in [0.4, 0.5) is 5.69 Å². The van der Waals surface area contributed by atoms with E-state index in [4.69, 9.17) is 23.2 Å². The minimum atomic E-state index is -3.79. The Balaban J connectivity index is 2.42. The van der Waals surface area contributed by atoms with Gasteiger partial charge in [0.1, 0.15) is 12.6 Å². The Kier molecular flexibility index (Phi) is 9.60. The van der Waals surface area contributed by atoms with Gasteiger partial charge in [0.05, 0.1) is 22.0 Å². The Morgan fingerprint density at radius 1 is 1.12 bits per heavy atom. The number of benzene rings is 2. The van der Waals surface area contributed by atoms with Gasteiger partial charge in [-0.1, -0.05) is 45.2 Å². The van der Waals surface area contributed by atoms with Gasteiger partial charge in [0.15, 0.2) is 0 Å². The summed E-state index contributed by atoms with van der Waals surface area (Å²) < 4.78 is 27.0. The third kappa shape index (κ3) is 7.34. The van der Waals surface area contributed by atoms with Crippen molar-refractivity contribution in [1.29, 1.82) is 0 Å². The van der Waals surface area contributed by atoms with E-state index in [1.54, 1.807) is 50.2 Å². The molecular formula is C22H26BrCl2N3O4S. The molecule has 0 spiro atoms. The Bertz CT molecular complexity index is 1140. The minimum Gasteiger partial charge on any atom is -0.355 e. The Morgan fingerprint density at radius 3 is 2.33 bits per heavy atom. The summed E-state index contributed by atoms with van der Waals surface area (Å²) in [6.45, 7) is 5.16. The number of hydrogen-bond acceptors (Lipinski definition) is 4. The fraction of sp³-hybridized carbons (Fsp3) is 0.364. The van der Waals surface area contributed by atoms with Gasteiger partial charge < -0.3 is 10.2 Å². The summed E-state index contributed by atoms with van der Waals surface area (Å²) in [6, 6.07) is 9.08. The van der Waals surface area contributed by atoms with E-state index in [1.807, 2.05) is 6.92 Å². The van der Waals surface area contributed by atoms with Crippen molar-refractivity contribution in [2.24, 2.45) is 0 Å². The molecule has 7 nitrogen and oxygen atoms in total. The van der Waals surface area contributed by atoms with Crippen LogP contribution in [0.15, 0.2) is 40.9 Å². The second kappa shape index (κ2) is 11.6. The van der Waals surface area contributed by atoms with Crippen LogP contribution < -0.4 is 9.62 Å². The van der Waals surface area contributed by atoms with Gasteiger partial charge in [-0.3, -0.25) is 13.9 Å². The van der Waals surface area contributed by atoms with Gasteiger partial charge in [0, 0.05) is 17.6 Å². The van der Waals surface area contributed by atoms with Gasteiger partial charge in [-0.15, -0.1) is 0 Å². The fourth-order valence-electron chi connectivity index (χ4n) is 3.14. The molecular weight excluding hydrogens is 553 g/mol. The first-order valence-corrected chi connectivity index (χ1v) is 13.5. The summed E-state index contributed by atoms with van der Waals surface area (Å²) in [5.74, 6) is -0.887. The van der Waals surface area contributed by atoms with E-state index >= 15 is 0 Å². The molecule has 2 rings (SSSR count). The first-order valence-electron chi connectivity index (χ1n) is 10.1. The van der Waals surface area contributed by atoms with Crippen LogP contribution in [0.3, 0.4) is 0 Å². The minimum absolute atomic E-state index is 0.0466. The summed E-state index contributed by atoms with van der Waals surface area (Å²) in [7, 11) is -3.79. The molecule has 0 aromatic heterocycles. The predicted molar refractivity (Wildman–Crippen MR) is 136 cm³/mol. The van der Waals surface area contributed by atoms with Crippen LogP contribution in [-0.2, 0) is 26.2 Å². The van der Waals surface area contributed by atoms with Crippen molar-refractivity contribution in [2.45, 2.75) is 33.4 Å². The van der Waals surface area contributed by atoms with Crippen molar-refractivity contribution < 1.29 is 18.0 Å². The third-order valence-corrected chi connectivity index (χ3v) is 7.73. The normalized spacial score (nSPS) is 12.2. The zero-order valence-electron chi connectivity index (χ0n) is 18.7. The number of aryl methyl sites for hydroxylation is 1. The molecule has 2 aromatic rings.